The van der Waals surface area contributed by atoms with Crippen LogP contribution in [0, 0.1) is 5.92 Å². The Morgan fingerprint density at radius 1 is 1.42 bits per heavy atom. The van der Waals surface area contributed by atoms with Gasteiger partial charge in [0.1, 0.15) is 0 Å². The lowest BCUT2D eigenvalue weighted by atomic mass is 10.1. The standard InChI is InChI=1S/C13H17N5O/c1-9(2)12(14)13(19)17-10-4-5-11(15-8-10)18-7-3-6-16-18/h3-9,12H,14H2,1-2H3,(H,17,19)/t12-/m1/s1. The van der Waals surface area contributed by atoms with E-state index in [-0.39, 0.29) is 11.8 Å². The lowest BCUT2D eigenvalue weighted by molar-refractivity contribution is -0.118. The first kappa shape index (κ1) is 13.2. The van der Waals surface area contributed by atoms with Crippen LogP contribution in [0.2, 0.25) is 0 Å². The van der Waals surface area contributed by atoms with Crippen molar-refractivity contribution in [2.75, 3.05) is 5.32 Å². The van der Waals surface area contributed by atoms with Crippen molar-refractivity contribution in [2.24, 2.45) is 11.7 Å². The van der Waals surface area contributed by atoms with Crippen LogP contribution in [0.4, 0.5) is 5.69 Å². The van der Waals surface area contributed by atoms with Gasteiger partial charge in [0.05, 0.1) is 17.9 Å². The average Bonchev–Trinajstić information content (AvgIpc) is 2.92. The number of anilines is 1. The van der Waals surface area contributed by atoms with Gasteiger partial charge in [-0.15, -0.1) is 0 Å². The maximum atomic E-state index is 11.8. The van der Waals surface area contributed by atoms with Crippen molar-refractivity contribution in [1.29, 1.82) is 0 Å². The van der Waals surface area contributed by atoms with Gasteiger partial charge in [0.2, 0.25) is 5.91 Å². The number of pyridine rings is 1. The van der Waals surface area contributed by atoms with E-state index >= 15 is 0 Å². The third-order valence-electron chi connectivity index (χ3n) is 2.78. The van der Waals surface area contributed by atoms with Crippen LogP contribution >= 0.6 is 0 Å². The molecule has 0 aliphatic heterocycles. The number of rotatable bonds is 4. The maximum Gasteiger partial charge on any atom is 0.241 e. The van der Waals surface area contributed by atoms with Gasteiger partial charge < -0.3 is 11.1 Å². The molecule has 1 amide bonds. The van der Waals surface area contributed by atoms with Crippen LogP contribution in [-0.2, 0) is 4.79 Å². The molecule has 2 aromatic rings. The van der Waals surface area contributed by atoms with Gasteiger partial charge >= 0.3 is 0 Å². The Morgan fingerprint density at radius 2 is 2.21 bits per heavy atom. The summed E-state index contributed by atoms with van der Waals surface area (Å²) in [5.41, 5.74) is 6.39. The van der Waals surface area contributed by atoms with Crippen LogP contribution < -0.4 is 11.1 Å². The van der Waals surface area contributed by atoms with Gasteiger partial charge in [0.15, 0.2) is 5.82 Å². The highest BCUT2D eigenvalue weighted by atomic mass is 16.2. The first-order chi connectivity index (χ1) is 9.08. The first-order valence-electron chi connectivity index (χ1n) is 6.10. The van der Waals surface area contributed by atoms with Crippen LogP contribution in [-0.4, -0.2) is 26.7 Å². The van der Waals surface area contributed by atoms with Crippen molar-refractivity contribution in [3.63, 3.8) is 0 Å². The zero-order valence-corrected chi connectivity index (χ0v) is 10.9. The Bertz CT molecular complexity index is 533. The van der Waals surface area contributed by atoms with Gasteiger partial charge in [-0.2, -0.15) is 5.10 Å². The third-order valence-corrected chi connectivity index (χ3v) is 2.78. The molecule has 2 aromatic heterocycles. The molecule has 0 radical (unpaired) electrons. The van der Waals surface area contributed by atoms with Gasteiger partial charge in [0, 0.05) is 12.4 Å². The van der Waals surface area contributed by atoms with E-state index in [0.29, 0.717) is 11.5 Å². The van der Waals surface area contributed by atoms with E-state index in [9.17, 15) is 4.79 Å². The Balaban J connectivity index is 2.05. The summed E-state index contributed by atoms with van der Waals surface area (Å²) in [7, 11) is 0. The van der Waals surface area contributed by atoms with Gasteiger partial charge in [-0.3, -0.25) is 4.79 Å². The van der Waals surface area contributed by atoms with Crippen LogP contribution in [0.3, 0.4) is 0 Å². The smallest absolute Gasteiger partial charge is 0.241 e. The topological polar surface area (TPSA) is 85.8 Å². The number of hydrogen-bond donors (Lipinski definition) is 2. The summed E-state index contributed by atoms with van der Waals surface area (Å²) in [4.78, 5) is 16.0. The van der Waals surface area contributed by atoms with E-state index in [1.165, 1.54) is 0 Å². The van der Waals surface area contributed by atoms with Crippen LogP contribution in [0.5, 0.6) is 0 Å². The molecular weight excluding hydrogens is 242 g/mol. The highest BCUT2D eigenvalue weighted by Crippen LogP contribution is 2.10. The molecule has 3 N–H and O–H groups in total. The predicted molar refractivity (Wildman–Crippen MR) is 72.8 cm³/mol. The lowest BCUT2D eigenvalue weighted by Crippen LogP contribution is -2.39. The monoisotopic (exact) mass is 259 g/mol. The van der Waals surface area contributed by atoms with Crippen molar-refractivity contribution in [1.82, 2.24) is 14.8 Å². The second-order valence-electron chi connectivity index (χ2n) is 4.61. The largest absolute Gasteiger partial charge is 0.323 e. The molecule has 0 aliphatic carbocycles. The highest BCUT2D eigenvalue weighted by molar-refractivity contribution is 5.94. The molecule has 0 bridgehead atoms. The fourth-order valence-corrected chi connectivity index (χ4v) is 1.53. The number of hydrogen-bond acceptors (Lipinski definition) is 4. The molecule has 100 valence electrons. The minimum atomic E-state index is -0.522. The van der Waals surface area contributed by atoms with Gasteiger partial charge in [-0.25, -0.2) is 9.67 Å². The molecule has 0 fully saturated rings. The van der Waals surface area contributed by atoms with E-state index in [4.69, 9.17) is 5.73 Å². The fraction of sp³-hybridized carbons (Fsp3) is 0.308. The molecule has 6 heteroatoms. The number of nitrogens with two attached hydrogens (primary N) is 1. The fourth-order valence-electron chi connectivity index (χ4n) is 1.53. The van der Waals surface area contributed by atoms with Crippen molar-refractivity contribution >= 4 is 11.6 Å². The number of carbonyl (C=O) groups is 1. The summed E-state index contributed by atoms with van der Waals surface area (Å²) in [5, 5.41) is 6.81. The Kier molecular flexibility index (Phi) is 3.91. The highest BCUT2D eigenvalue weighted by Gasteiger charge is 2.17. The molecule has 1 atom stereocenters. The molecule has 19 heavy (non-hydrogen) atoms. The van der Waals surface area contributed by atoms with E-state index < -0.39 is 6.04 Å². The molecular formula is C13H17N5O. The van der Waals surface area contributed by atoms with E-state index in [0.717, 1.165) is 0 Å². The van der Waals surface area contributed by atoms with E-state index in [1.54, 1.807) is 35.4 Å². The molecule has 2 heterocycles. The summed E-state index contributed by atoms with van der Waals surface area (Å²) in [6.07, 6.45) is 5.07. The minimum absolute atomic E-state index is 0.0938. The van der Waals surface area contributed by atoms with Crippen LogP contribution in [0.15, 0.2) is 36.8 Å². The van der Waals surface area contributed by atoms with Crippen molar-refractivity contribution < 1.29 is 4.79 Å². The molecule has 0 unspecified atom stereocenters. The molecule has 0 spiro atoms. The number of nitrogens with zero attached hydrogens (tertiary/aromatic N) is 3. The van der Waals surface area contributed by atoms with Crippen molar-refractivity contribution in [3.05, 3.63) is 36.8 Å². The number of aromatic nitrogens is 3. The Labute approximate surface area is 111 Å². The number of nitrogens with one attached hydrogen (secondary N) is 1. The third kappa shape index (κ3) is 3.17. The summed E-state index contributed by atoms with van der Waals surface area (Å²) in [6, 6.07) is 4.85. The maximum absolute atomic E-state index is 11.8. The van der Waals surface area contributed by atoms with Crippen molar-refractivity contribution in [3.8, 4) is 5.82 Å². The Hall–Kier alpha value is -2.21. The zero-order valence-electron chi connectivity index (χ0n) is 10.9. The molecule has 0 aromatic carbocycles. The number of amides is 1. The SMILES string of the molecule is CC(C)[C@@H](N)C(=O)Nc1ccc(-n2cccn2)nc1. The van der Waals surface area contributed by atoms with Gasteiger partial charge in [0.25, 0.3) is 0 Å². The number of carbonyl (C=O) groups excluding carboxylic acids is 1. The summed E-state index contributed by atoms with van der Waals surface area (Å²) < 4.78 is 1.64. The second kappa shape index (κ2) is 5.62. The molecule has 6 nitrogen and oxygen atoms in total. The summed E-state index contributed by atoms with van der Waals surface area (Å²) in [5.74, 6) is 0.580. The minimum Gasteiger partial charge on any atom is -0.323 e. The first-order valence-corrected chi connectivity index (χ1v) is 6.10. The molecule has 0 saturated carbocycles. The summed E-state index contributed by atoms with van der Waals surface area (Å²) in [6.45, 7) is 3.81. The van der Waals surface area contributed by atoms with Crippen molar-refractivity contribution in [2.45, 2.75) is 19.9 Å². The van der Waals surface area contributed by atoms with Crippen LogP contribution in [0.1, 0.15) is 13.8 Å². The second-order valence-corrected chi connectivity index (χ2v) is 4.61. The van der Waals surface area contributed by atoms with Gasteiger partial charge in [-0.1, -0.05) is 13.8 Å². The molecule has 0 saturated heterocycles. The Morgan fingerprint density at radius 3 is 2.74 bits per heavy atom. The molecule has 2 rings (SSSR count). The molecule has 0 aliphatic rings. The van der Waals surface area contributed by atoms with Gasteiger partial charge in [-0.05, 0) is 24.1 Å². The van der Waals surface area contributed by atoms with E-state index in [1.807, 2.05) is 19.9 Å². The summed E-state index contributed by atoms with van der Waals surface area (Å²) >= 11 is 0. The lowest BCUT2D eigenvalue weighted by Gasteiger charge is -2.15. The van der Waals surface area contributed by atoms with E-state index in [2.05, 4.69) is 15.4 Å². The predicted octanol–water partition coefficient (Wildman–Crippen LogP) is 1.19. The average molecular weight is 259 g/mol. The normalized spacial score (nSPS) is 12.4. The quantitative estimate of drug-likeness (QED) is 0.863. The zero-order chi connectivity index (χ0) is 13.8. The van der Waals surface area contributed by atoms with Crippen LogP contribution in [0.25, 0.3) is 5.82 Å².